The Morgan fingerprint density at radius 3 is 2.62 bits per heavy atom. The van der Waals surface area contributed by atoms with E-state index < -0.39 is 6.43 Å². The molecule has 0 radical (unpaired) electrons. The predicted octanol–water partition coefficient (Wildman–Crippen LogP) is 1.97. The Morgan fingerprint density at radius 1 is 1.31 bits per heavy atom. The van der Waals surface area contributed by atoms with Gasteiger partial charge in [-0.15, -0.1) is 0 Å². The Kier molecular flexibility index (Phi) is 3.79. The van der Waals surface area contributed by atoms with Gasteiger partial charge in [-0.3, -0.25) is 0 Å². The first-order valence-electron chi connectivity index (χ1n) is 3.95. The van der Waals surface area contributed by atoms with Gasteiger partial charge in [0.2, 0.25) is 6.43 Å². The molecule has 0 aromatic heterocycles. The Balaban J connectivity index is 2.67. The lowest BCUT2D eigenvalue weighted by Crippen LogP contribution is -2.06. The van der Waals surface area contributed by atoms with Crippen LogP contribution in [-0.2, 0) is 13.0 Å². The molecular weight excluding hydrogens is 176 g/mol. The highest BCUT2D eigenvalue weighted by molar-refractivity contribution is 5.23. The van der Waals surface area contributed by atoms with Gasteiger partial charge in [-0.05, 0) is 11.1 Å². The maximum absolute atomic E-state index is 12.0. The van der Waals surface area contributed by atoms with Crippen molar-refractivity contribution in [1.29, 1.82) is 0 Å². The van der Waals surface area contributed by atoms with Gasteiger partial charge in [0, 0.05) is 13.0 Å². The minimum atomic E-state index is -2.32. The van der Waals surface area contributed by atoms with Gasteiger partial charge in [0.1, 0.15) is 0 Å². The summed E-state index contributed by atoms with van der Waals surface area (Å²) in [6.45, 7) is 0.275. The summed E-state index contributed by atoms with van der Waals surface area (Å²) in [6.07, 6.45) is -2.56. The summed E-state index contributed by atoms with van der Waals surface area (Å²) in [5.41, 5.74) is 3.36. The number of hydrogen-bond acceptors (Lipinski definition) is 2. The van der Waals surface area contributed by atoms with Gasteiger partial charge in [-0.1, -0.05) is 24.3 Å². The SMILES string of the molecule is ONCc1cccc(CC(F)F)c1. The van der Waals surface area contributed by atoms with Gasteiger partial charge in [0.25, 0.3) is 0 Å². The van der Waals surface area contributed by atoms with Crippen LogP contribution in [0.3, 0.4) is 0 Å². The van der Waals surface area contributed by atoms with E-state index in [9.17, 15) is 8.78 Å². The smallest absolute Gasteiger partial charge is 0.242 e. The number of nitrogens with one attached hydrogen (secondary N) is 1. The monoisotopic (exact) mass is 187 g/mol. The normalized spacial score (nSPS) is 10.8. The average molecular weight is 187 g/mol. The second-order valence-corrected chi connectivity index (χ2v) is 2.75. The fourth-order valence-electron chi connectivity index (χ4n) is 1.14. The molecule has 2 N–H and O–H groups in total. The van der Waals surface area contributed by atoms with Crippen molar-refractivity contribution >= 4 is 0 Å². The lowest BCUT2D eigenvalue weighted by molar-refractivity contribution is 0.149. The van der Waals surface area contributed by atoms with Crippen molar-refractivity contribution in [2.75, 3.05) is 0 Å². The molecule has 13 heavy (non-hydrogen) atoms. The van der Waals surface area contributed by atoms with Crippen molar-refractivity contribution in [1.82, 2.24) is 5.48 Å². The fraction of sp³-hybridized carbons (Fsp3) is 0.333. The molecule has 0 saturated heterocycles. The molecule has 72 valence electrons. The van der Waals surface area contributed by atoms with E-state index in [1.807, 2.05) is 5.48 Å². The van der Waals surface area contributed by atoms with Gasteiger partial charge in [-0.25, -0.2) is 14.3 Å². The van der Waals surface area contributed by atoms with E-state index >= 15 is 0 Å². The third-order valence-corrected chi connectivity index (χ3v) is 1.66. The van der Waals surface area contributed by atoms with E-state index in [-0.39, 0.29) is 13.0 Å². The number of benzene rings is 1. The molecule has 1 aromatic rings. The standard InChI is InChI=1S/C9H11F2NO/c10-9(11)5-7-2-1-3-8(4-7)6-12-13/h1-4,9,12-13H,5-6H2. The molecular formula is C9H11F2NO. The maximum atomic E-state index is 12.0. The first-order valence-corrected chi connectivity index (χ1v) is 3.95. The quantitative estimate of drug-likeness (QED) is 0.706. The molecule has 1 rings (SSSR count). The van der Waals surface area contributed by atoms with Crippen molar-refractivity contribution < 1.29 is 14.0 Å². The number of hydroxylamine groups is 1. The first kappa shape index (κ1) is 10.1. The van der Waals surface area contributed by atoms with Crippen LogP contribution < -0.4 is 5.48 Å². The Morgan fingerprint density at radius 2 is 2.00 bits per heavy atom. The Bertz CT molecular complexity index is 266. The van der Waals surface area contributed by atoms with Gasteiger partial charge in [0.15, 0.2) is 0 Å². The van der Waals surface area contributed by atoms with Gasteiger partial charge in [-0.2, -0.15) is 0 Å². The van der Waals surface area contributed by atoms with Crippen LogP contribution in [0.25, 0.3) is 0 Å². The lowest BCUT2D eigenvalue weighted by atomic mass is 10.1. The van der Waals surface area contributed by atoms with Crippen LogP contribution in [0.2, 0.25) is 0 Å². The molecule has 0 aliphatic heterocycles. The van der Waals surface area contributed by atoms with E-state index in [1.165, 1.54) is 0 Å². The summed E-state index contributed by atoms with van der Waals surface area (Å²) in [4.78, 5) is 0. The van der Waals surface area contributed by atoms with E-state index in [4.69, 9.17) is 5.21 Å². The zero-order chi connectivity index (χ0) is 9.68. The van der Waals surface area contributed by atoms with Crippen molar-refractivity contribution in [3.63, 3.8) is 0 Å². The molecule has 2 nitrogen and oxygen atoms in total. The van der Waals surface area contributed by atoms with Crippen molar-refractivity contribution in [3.8, 4) is 0 Å². The van der Waals surface area contributed by atoms with E-state index in [1.54, 1.807) is 24.3 Å². The van der Waals surface area contributed by atoms with Crippen molar-refractivity contribution in [2.45, 2.75) is 19.4 Å². The predicted molar refractivity (Wildman–Crippen MR) is 44.8 cm³/mol. The van der Waals surface area contributed by atoms with E-state index in [0.717, 1.165) is 5.56 Å². The average Bonchev–Trinajstić information content (AvgIpc) is 2.04. The second-order valence-electron chi connectivity index (χ2n) is 2.75. The summed E-state index contributed by atoms with van der Waals surface area (Å²) in [5, 5.41) is 8.39. The Labute approximate surface area is 75.2 Å². The third-order valence-electron chi connectivity index (χ3n) is 1.66. The van der Waals surface area contributed by atoms with Crippen molar-refractivity contribution in [3.05, 3.63) is 35.4 Å². The van der Waals surface area contributed by atoms with Crippen LogP contribution in [-0.4, -0.2) is 11.6 Å². The molecule has 1 aromatic carbocycles. The van der Waals surface area contributed by atoms with Crippen LogP contribution in [0.1, 0.15) is 11.1 Å². The summed E-state index contributed by atoms with van der Waals surface area (Å²) in [7, 11) is 0. The maximum Gasteiger partial charge on any atom is 0.242 e. The molecule has 0 aliphatic carbocycles. The molecule has 0 bridgehead atoms. The van der Waals surface area contributed by atoms with Crippen LogP contribution >= 0.6 is 0 Å². The topological polar surface area (TPSA) is 32.3 Å². The number of halogens is 2. The van der Waals surface area contributed by atoms with Crippen molar-refractivity contribution in [2.24, 2.45) is 0 Å². The van der Waals surface area contributed by atoms with Gasteiger partial charge < -0.3 is 5.21 Å². The minimum Gasteiger partial charge on any atom is -0.316 e. The largest absolute Gasteiger partial charge is 0.316 e. The molecule has 0 aliphatic rings. The number of alkyl halides is 2. The minimum absolute atomic E-state index is 0.237. The fourth-order valence-corrected chi connectivity index (χ4v) is 1.14. The summed E-state index contributed by atoms with van der Waals surface area (Å²) in [5.74, 6) is 0. The summed E-state index contributed by atoms with van der Waals surface area (Å²) >= 11 is 0. The zero-order valence-electron chi connectivity index (χ0n) is 7.00. The zero-order valence-corrected chi connectivity index (χ0v) is 7.00. The molecule has 0 heterocycles. The lowest BCUT2D eigenvalue weighted by Gasteiger charge is -2.03. The molecule has 4 heteroatoms. The summed E-state index contributed by atoms with van der Waals surface area (Å²) in [6, 6.07) is 6.75. The van der Waals surface area contributed by atoms with E-state index in [0.29, 0.717) is 5.56 Å². The number of hydrogen-bond donors (Lipinski definition) is 2. The number of rotatable bonds is 4. The molecule has 0 unspecified atom stereocenters. The van der Waals surface area contributed by atoms with Crippen LogP contribution in [0, 0.1) is 0 Å². The third kappa shape index (κ3) is 3.48. The van der Waals surface area contributed by atoms with E-state index in [2.05, 4.69) is 0 Å². The molecule has 0 fully saturated rings. The highest BCUT2D eigenvalue weighted by Gasteiger charge is 2.04. The highest BCUT2D eigenvalue weighted by atomic mass is 19.3. The molecule has 0 saturated carbocycles. The summed E-state index contributed by atoms with van der Waals surface area (Å²) < 4.78 is 23.9. The first-order chi connectivity index (χ1) is 6.22. The Hall–Kier alpha value is -1.00. The van der Waals surface area contributed by atoms with Crippen LogP contribution in [0.15, 0.2) is 24.3 Å². The molecule has 0 spiro atoms. The van der Waals surface area contributed by atoms with Gasteiger partial charge >= 0.3 is 0 Å². The molecule has 0 atom stereocenters. The van der Waals surface area contributed by atoms with Crippen LogP contribution in [0.5, 0.6) is 0 Å². The highest BCUT2D eigenvalue weighted by Crippen LogP contribution is 2.09. The molecule has 0 amide bonds. The van der Waals surface area contributed by atoms with Gasteiger partial charge in [0.05, 0.1) is 0 Å². The second kappa shape index (κ2) is 4.89. The van der Waals surface area contributed by atoms with Crippen LogP contribution in [0.4, 0.5) is 8.78 Å².